The van der Waals surface area contributed by atoms with Crippen molar-refractivity contribution in [3.8, 4) is 11.3 Å². The van der Waals surface area contributed by atoms with E-state index in [4.69, 9.17) is 23.2 Å². The van der Waals surface area contributed by atoms with E-state index in [1.54, 1.807) is 24.3 Å². The molecule has 1 unspecified atom stereocenters. The highest BCUT2D eigenvalue weighted by Gasteiger charge is 2.26. The van der Waals surface area contributed by atoms with Crippen LogP contribution in [0.3, 0.4) is 0 Å². The summed E-state index contributed by atoms with van der Waals surface area (Å²) in [7, 11) is -3.98. The average molecular weight is 602 g/mol. The Morgan fingerprint density at radius 2 is 1.76 bits per heavy atom. The Balaban J connectivity index is 1.56. The lowest BCUT2D eigenvalue weighted by atomic mass is 10.1. The van der Waals surface area contributed by atoms with E-state index in [9.17, 15) is 13.2 Å². The molecule has 0 aliphatic carbocycles. The SMILES string of the molecule is Cc1ccc(C(=O)C(Br)CNS(=O)(=O)c2nn3c(-c4ccc(C)c(Cl)c4)c(C)nc3s2)cc1Cl. The topological polar surface area (TPSA) is 93.4 Å². The number of alkyl halides is 1. The van der Waals surface area contributed by atoms with Crippen LogP contribution in [-0.2, 0) is 10.0 Å². The summed E-state index contributed by atoms with van der Waals surface area (Å²) in [6, 6.07) is 10.5. The molecule has 0 aliphatic rings. The summed E-state index contributed by atoms with van der Waals surface area (Å²) in [5, 5.41) is 5.36. The van der Waals surface area contributed by atoms with E-state index >= 15 is 0 Å². The number of halogens is 3. The molecule has 1 atom stereocenters. The number of hydrogen-bond donors (Lipinski definition) is 1. The Morgan fingerprint density at radius 3 is 2.41 bits per heavy atom. The van der Waals surface area contributed by atoms with Gasteiger partial charge in [-0.05, 0) is 44.0 Å². The minimum atomic E-state index is -3.98. The fourth-order valence-corrected chi connectivity index (χ4v) is 6.50. The van der Waals surface area contributed by atoms with E-state index in [0.29, 0.717) is 32.0 Å². The number of fused-ring (bicyclic) bond motifs is 1. The van der Waals surface area contributed by atoms with Crippen LogP contribution in [-0.4, -0.2) is 40.2 Å². The Kier molecular flexibility index (Phi) is 7.19. The molecule has 34 heavy (non-hydrogen) atoms. The first-order valence-electron chi connectivity index (χ1n) is 10.0. The lowest BCUT2D eigenvalue weighted by Crippen LogP contribution is -2.33. The van der Waals surface area contributed by atoms with Crippen LogP contribution in [0, 0.1) is 20.8 Å². The summed E-state index contributed by atoms with van der Waals surface area (Å²) < 4.78 is 29.6. The van der Waals surface area contributed by atoms with Gasteiger partial charge in [0.05, 0.1) is 16.2 Å². The van der Waals surface area contributed by atoms with Crippen LogP contribution in [0.1, 0.15) is 27.2 Å². The Labute approximate surface area is 219 Å². The van der Waals surface area contributed by atoms with Crippen molar-refractivity contribution in [3.63, 3.8) is 0 Å². The Bertz CT molecular complexity index is 1530. The number of sulfonamides is 1. The van der Waals surface area contributed by atoms with Gasteiger partial charge >= 0.3 is 0 Å². The molecule has 0 amide bonds. The molecular weight excluding hydrogens is 583 g/mol. The second-order valence-corrected chi connectivity index (χ2v) is 12.5. The zero-order valence-corrected chi connectivity index (χ0v) is 23.0. The van der Waals surface area contributed by atoms with Crippen LogP contribution in [0.2, 0.25) is 10.0 Å². The summed E-state index contributed by atoms with van der Waals surface area (Å²) >= 11 is 16.6. The van der Waals surface area contributed by atoms with Crippen LogP contribution in [0.15, 0.2) is 40.7 Å². The van der Waals surface area contributed by atoms with Crippen molar-refractivity contribution in [3.05, 3.63) is 68.8 Å². The number of carbonyl (C=O) groups is 1. The van der Waals surface area contributed by atoms with Gasteiger partial charge in [-0.1, -0.05) is 74.7 Å². The van der Waals surface area contributed by atoms with Gasteiger partial charge in [-0.15, -0.1) is 5.10 Å². The van der Waals surface area contributed by atoms with E-state index in [1.807, 2.05) is 32.9 Å². The van der Waals surface area contributed by atoms with Crippen molar-refractivity contribution >= 4 is 71.2 Å². The lowest BCUT2D eigenvalue weighted by molar-refractivity contribution is 0.0992. The van der Waals surface area contributed by atoms with Gasteiger partial charge in [-0.3, -0.25) is 4.79 Å². The number of carbonyl (C=O) groups excluding carboxylic acids is 1. The maximum atomic E-state index is 12.9. The highest BCUT2D eigenvalue weighted by molar-refractivity contribution is 9.10. The van der Waals surface area contributed by atoms with Crippen LogP contribution in [0.5, 0.6) is 0 Å². The molecule has 178 valence electrons. The van der Waals surface area contributed by atoms with Gasteiger partial charge in [0.2, 0.25) is 9.30 Å². The van der Waals surface area contributed by atoms with Crippen LogP contribution in [0.25, 0.3) is 16.2 Å². The van der Waals surface area contributed by atoms with Crippen molar-refractivity contribution < 1.29 is 13.2 Å². The van der Waals surface area contributed by atoms with Gasteiger partial charge in [0.25, 0.3) is 10.0 Å². The van der Waals surface area contributed by atoms with Gasteiger partial charge in [0.1, 0.15) is 0 Å². The molecule has 2 aromatic heterocycles. The zero-order chi connectivity index (χ0) is 24.8. The molecule has 12 heteroatoms. The first-order valence-corrected chi connectivity index (χ1v) is 14.0. The molecule has 2 aromatic carbocycles. The molecule has 0 fully saturated rings. The highest BCUT2D eigenvalue weighted by Crippen LogP contribution is 2.31. The Hall–Kier alpha value is -1.82. The van der Waals surface area contributed by atoms with Crippen molar-refractivity contribution in [1.29, 1.82) is 0 Å². The molecule has 0 bridgehead atoms. The Morgan fingerprint density at radius 1 is 1.12 bits per heavy atom. The zero-order valence-electron chi connectivity index (χ0n) is 18.3. The van der Waals surface area contributed by atoms with Crippen LogP contribution in [0.4, 0.5) is 0 Å². The fourth-order valence-electron chi connectivity index (χ4n) is 3.28. The van der Waals surface area contributed by atoms with Crippen molar-refractivity contribution in [2.45, 2.75) is 29.9 Å². The number of aromatic nitrogens is 3. The van der Waals surface area contributed by atoms with E-state index in [2.05, 4.69) is 30.7 Å². The van der Waals surface area contributed by atoms with Crippen molar-refractivity contribution in [2.24, 2.45) is 0 Å². The molecule has 1 N–H and O–H groups in total. The summed E-state index contributed by atoms with van der Waals surface area (Å²) in [5.74, 6) is -0.285. The van der Waals surface area contributed by atoms with Gasteiger partial charge < -0.3 is 0 Å². The third-order valence-electron chi connectivity index (χ3n) is 5.23. The van der Waals surface area contributed by atoms with Gasteiger partial charge in [0, 0.05) is 27.7 Å². The summed E-state index contributed by atoms with van der Waals surface area (Å²) in [4.78, 5) is 16.8. The molecule has 4 rings (SSSR count). The molecule has 0 aliphatic heterocycles. The smallest absolute Gasteiger partial charge is 0.269 e. The number of aryl methyl sites for hydroxylation is 3. The number of ketones is 1. The number of benzene rings is 2. The fraction of sp³-hybridized carbons (Fsp3) is 0.227. The molecule has 0 spiro atoms. The summed E-state index contributed by atoms with van der Waals surface area (Å²) in [5.41, 5.74) is 4.33. The number of nitrogens with zero attached hydrogens (tertiary/aromatic N) is 3. The second-order valence-electron chi connectivity index (χ2n) is 7.72. The van der Waals surface area contributed by atoms with E-state index in [0.717, 1.165) is 28.0 Å². The van der Waals surface area contributed by atoms with E-state index in [1.165, 1.54) is 4.52 Å². The van der Waals surface area contributed by atoms with Crippen molar-refractivity contribution in [1.82, 2.24) is 19.3 Å². The molecule has 0 saturated heterocycles. The number of rotatable bonds is 7. The third-order valence-corrected chi connectivity index (χ3v) is 9.48. The van der Waals surface area contributed by atoms with Crippen LogP contribution >= 0.6 is 50.5 Å². The quantitative estimate of drug-likeness (QED) is 0.219. The average Bonchev–Trinajstić information content (AvgIpc) is 3.33. The third kappa shape index (κ3) is 4.93. The molecule has 2 heterocycles. The first kappa shape index (κ1) is 25.3. The summed E-state index contributed by atoms with van der Waals surface area (Å²) in [6.45, 7) is 5.41. The number of Topliss-reactive ketones (excluding diaryl/α,β-unsaturated/α-hetero) is 1. The monoisotopic (exact) mass is 600 g/mol. The van der Waals surface area contributed by atoms with E-state index < -0.39 is 14.9 Å². The van der Waals surface area contributed by atoms with Gasteiger partial charge in [0.15, 0.2) is 5.78 Å². The predicted octanol–water partition coefficient (Wildman–Crippen LogP) is 5.61. The number of hydrogen-bond acceptors (Lipinski definition) is 6. The van der Waals surface area contributed by atoms with E-state index in [-0.39, 0.29) is 16.7 Å². The first-order chi connectivity index (χ1) is 16.0. The van der Waals surface area contributed by atoms with Crippen LogP contribution < -0.4 is 4.72 Å². The predicted molar refractivity (Wildman–Crippen MR) is 139 cm³/mol. The maximum absolute atomic E-state index is 12.9. The minimum Gasteiger partial charge on any atom is -0.293 e. The number of imidazole rings is 1. The van der Waals surface area contributed by atoms with Gasteiger partial charge in [-0.2, -0.15) is 0 Å². The standard InChI is InChI=1S/C22H19BrCl2N4O3S2/c1-11-4-6-14(8-17(11)24)19-13(3)27-21-29(19)28-22(33-21)34(31,32)26-10-16(23)20(30)15-7-5-12(2)18(25)9-15/h4-9,16,26H,10H2,1-3H3. The molecular formula is C22H19BrCl2N4O3S2. The van der Waals surface area contributed by atoms with Crippen molar-refractivity contribution in [2.75, 3.05) is 6.54 Å². The van der Waals surface area contributed by atoms with Gasteiger partial charge in [-0.25, -0.2) is 22.6 Å². The highest BCUT2D eigenvalue weighted by atomic mass is 79.9. The minimum absolute atomic E-state index is 0.153. The second kappa shape index (κ2) is 9.67. The number of nitrogens with one attached hydrogen (secondary N) is 1. The molecule has 4 aromatic rings. The largest absolute Gasteiger partial charge is 0.293 e. The summed E-state index contributed by atoms with van der Waals surface area (Å²) in [6.07, 6.45) is 0. The maximum Gasteiger partial charge on any atom is 0.269 e. The normalized spacial score (nSPS) is 12.9. The molecule has 0 saturated carbocycles. The lowest BCUT2D eigenvalue weighted by Gasteiger charge is -2.10. The molecule has 0 radical (unpaired) electrons. The molecule has 7 nitrogen and oxygen atoms in total.